The van der Waals surface area contributed by atoms with E-state index < -0.39 is 11.2 Å². The lowest BCUT2D eigenvalue weighted by Gasteiger charge is -2.40. The van der Waals surface area contributed by atoms with E-state index in [-0.39, 0.29) is 0 Å². The average Bonchev–Trinajstić information content (AvgIpc) is 2.93. The normalized spacial score (nSPS) is 19.6. The predicted octanol–water partition coefficient (Wildman–Crippen LogP) is 4.69. The van der Waals surface area contributed by atoms with Gasteiger partial charge in [-0.25, -0.2) is 4.98 Å². The lowest BCUT2D eigenvalue weighted by atomic mass is 9.81. The van der Waals surface area contributed by atoms with Gasteiger partial charge < -0.3 is 19.8 Å². The number of nitrogens with zero attached hydrogens (tertiary/aromatic N) is 4. The number of benzene rings is 1. The standard InChI is InChI=1S/C31H34N4O3/c1-21(31(37)15-17-35(18-16-31)27-14-13-24(20-34-27)30(2,3)36)29(38-5)26-8-6-7-25(28(26)33-4)23-11-9-22(19-32)10-12-23/h6-14,20,36-37H,1,15-18H2,2-5H3/b29-26+,33-28-. The van der Waals surface area contributed by atoms with Crippen LogP contribution in [0.1, 0.15) is 43.4 Å². The van der Waals surface area contributed by atoms with E-state index >= 15 is 0 Å². The Morgan fingerprint density at radius 3 is 2.39 bits per heavy atom. The molecule has 38 heavy (non-hydrogen) atoms. The Morgan fingerprint density at radius 1 is 1.18 bits per heavy atom. The molecule has 1 aromatic carbocycles. The van der Waals surface area contributed by atoms with Crippen molar-refractivity contribution in [3.63, 3.8) is 0 Å². The van der Waals surface area contributed by atoms with Crippen molar-refractivity contribution in [3.8, 4) is 6.07 Å². The van der Waals surface area contributed by atoms with Gasteiger partial charge in [0.2, 0.25) is 0 Å². The number of pyridine rings is 1. The molecule has 2 N–H and O–H groups in total. The van der Waals surface area contributed by atoms with Crippen LogP contribution in [0.25, 0.3) is 5.57 Å². The summed E-state index contributed by atoms with van der Waals surface area (Å²) in [7, 11) is 3.31. The van der Waals surface area contributed by atoms with Crippen LogP contribution < -0.4 is 4.90 Å². The number of methoxy groups -OCH3 is 1. The van der Waals surface area contributed by atoms with E-state index in [2.05, 4.69) is 27.5 Å². The Kier molecular flexibility index (Phi) is 7.68. The van der Waals surface area contributed by atoms with Crippen molar-refractivity contribution in [3.05, 3.63) is 101 Å². The third-order valence-electron chi connectivity index (χ3n) is 7.24. The number of aromatic nitrogens is 1. The fourth-order valence-electron chi connectivity index (χ4n) is 4.87. The van der Waals surface area contributed by atoms with Gasteiger partial charge in [-0.3, -0.25) is 4.99 Å². The molecule has 4 rings (SSSR count). The first-order valence-corrected chi connectivity index (χ1v) is 12.6. The van der Waals surface area contributed by atoms with Crippen LogP contribution in [-0.2, 0) is 10.3 Å². The molecule has 0 amide bonds. The lowest BCUT2D eigenvalue weighted by Crippen LogP contribution is -2.46. The molecule has 7 heteroatoms. The maximum atomic E-state index is 11.7. The zero-order chi connectivity index (χ0) is 27.5. The van der Waals surface area contributed by atoms with Gasteiger partial charge in [-0.05, 0) is 56.5 Å². The molecule has 0 atom stereocenters. The number of aliphatic imine (C=N–C) groups is 1. The van der Waals surface area contributed by atoms with Crippen LogP contribution in [0.2, 0.25) is 0 Å². The minimum absolute atomic E-state index is 0.460. The van der Waals surface area contributed by atoms with Gasteiger partial charge >= 0.3 is 0 Å². The highest BCUT2D eigenvalue weighted by Crippen LogP contribution is 2.38. The first kappa shape index (κ1) is 27.1. The van der Waals surface area contributed by atoms with Crippen LogP contribution in [0.15, 0.2) is 89.3 Å². The molecule has 1 aliphatic heterocycles. The highest BCUT2D eigenvalue weighted by Gasteiger charge is 2.38. The molecular formula is C31H34N4O3. The van der Waals surface area contributed by atoms with Gasteiger partial charge in [0, 0.05) is 48.6 Å². The second-order valence-corrected chi connectivity index (χ2v) is 10.1. The molecule has 0 saturated carbocycles. The molecule has 7 nitrogen and oxygen atoms in total. The quantitative estimate of drug-likeness (QED) is 0.547. The van der Waals surface area contributed by atoms with Crippen molar-refractivity contribution >= 4 is 17.1 Å². The fraction of sp³-hybridized carbons (Fsp3) is 0.323. The molecule has 1 fully saturated rings. The molecule has 2 aromatic rings. The van der Waals surface area contributed by atoms with Crippen molar-refractivity contribution in [1.29, 1.82) is 5.26 Å². The van der Waals surface area contributed by atoms with Crippen molar-refractivity contribution in [2.24, 2.45) is 4.99 Å². The van der Waals surface area contributed by atoms with E-state index in [0.717, 1.165) is 33.8 Å². The number of allylic oxidation sites excluding steroid dienone is 5. The summed E-state index contributed by atoms with van der Waals surface area (Å²) < 4.78 is 5.85. The summed E-state index contributed by atoms with van der Waals surface area (Å²) in [6.07, 6.45) is 8.45. The topological polar surface area (TPSA) is 102 Å². The molecule has 1 aliphatic carbocycles. The molecule has 2 heterocycles. The van der Waals surface area contributed by atoms with Gasteiger partial charge in [-0.2, -0.15) is 5.26 Å². The van der Waals surface area contributed by atoms with Crippen molar-refractivity contribution in [1.82, 2.24) is 4.98 Å². The van der Waals surface area contributed by atoms with Gasteiger partial charge in [0.15, 0.2) is 0 Å². The number of ether oxygens (including phenoxy) is 1. The van der Waals surface area contributed by atoms with Gasteiger partial charge in [0.1, 0.15) is 11.6 Å². The van der Waals surface area contributed by atoms with Gasteiger partial charge in [-0.1, -0.05) is 36.9 Å². The summed E-state index contributed by atoms with van der Waals surface area (Å²) in [6.45, 7) is 8.94. The van der Waals surface area contributed by atoms with E-state index in [1.807, 2.05) is 42.5 Å². The summed E-state index contributed by atoms with van der Waals surface area (Å²) >= 11 is 0. The molecule has 1 aromatic heterocycles. The Balaban J connectivity index is 1.55. The van der Waals surface area contributed by atoms with Gasteiger partial charge in [0.05, 0.1) is 35.7 Å². The second kappa shape index (κ2) is 10.8. The fourth-order valence-corrected chi connectivity index (χ4v) is 4.87. The molecule has 0 spiro atoms. The minimum atomic E-state index is -1.15. The van der Waals surface area contributed by atoms with E-state index in [1.165, 1.54) is 0 Å². The van der Waals surface area contributed by atoms with Crippen LogP contribution in [0, 0.1) is 11.3 Å². The maximum Gasteiger partial charge on any atom is 0.133 e. The SMILES string of the molecule is C=C(/C(OC)=C1/C=CC=C(c2ccc(C#N)cc2)/C1=N/C)C1(O)CCN(c2ccc(C(C)(C)O)cn2)CC1. The number of hydrogen-bond donors (Lipinski definition) is 2. The molecular weight excluding hydrogens is 476 g/mol. The molecule has 0 bridgehead atoms. The number of rotatable bonds is 6. The number of anilines is 1. The van der Waals surface area contributed by atoms with Gasteiger partial charge in [-0.15, -0.1) is 0 Å². The zero-order valence-corrected chi connectivity index (χ0v) is 22.4. The first-order chi connectivity index (χ1) is 18.1. The summed E-state index contributed by atoms with van der Waals surface area (Å²) in [5.74, 6) is 1.31. The first-order valence-electron chi connectivity index (χ1n) is 12.6. The van der Waals surface area contributed by atoms with Crippen LogP contribution >= 0.6 is 0 Å². The molecule has 2 aliphatic rings. The highest BCUT2D eigenvalue weighted by molar-refractivity contribution is 6.34. The minimum Gasteiger partial charge on any atom is -0.496 e. The summed E-state index contributed by atoms with van der Waals surface area (Å²) in [5, 5.41) is 31.0. The molecule has 0 radical (unpaired) electrons. The zero-order valence-electron chi connectivity index (χ0n) is 22.4. The highest BCUT2D eigenvalue weighted by atomic mass is 16.5. The molecule has 196 valence electrons. The van der Waals surface area contributed by atoms with Crippen molar-refractivity contribution in [2.75, 3.05) is 32.1 Å². The van der Waals surface area contributed by atoms with Crippen molar-refractivity contribution < 1.29 is 14.9 Å². The van der Waals surface area contributed by atoms with E-state index in [0.29, 0.717) is 42.8 Å². The van der Waals surface area contributed by atoms with E-state index in [1.54, 1.807) is 46.3 Å². The number of aliphatic hydroxyl groups is 2. The number of hydrogen-bond acceptors (Lipinski definition) is 7. The van der Waals surface area contributed by atoms with E-state index in [9.17, 15) is 10.2 Å². The smallest absolute Gasteiger partial charge is 0.133 e. The Hall–Kier alpha value is -3.99. The van der Waals surface area contributed by atoms with Crippen molar-refractivity contribution in [2.45, 2.75) is 37.9 Å². The molecule has 0 unspecified atom stereocenters. The number of nitriles is 1. The molecule has 1 saturated heterocycles. The van der Waals surface area contributed by atoms with Gasteiger partial charge in [0.25, 0.3) is 0 Å². The Labute approximate surface area is 224 Å². The largest absolute Gasteiger partial charge is 0.496 e. The van der Waals surface area contributed by atoms with Crippen LogP contribution in [0.5, 0.6) is 0 Å². The van der Waals surface area contributed by atoms with E-state index in [4.69, 9.17) is 10.00 Å². The number of piperidine rings is 1. The predicted molar refractivity (Wildman–Crippen MR) is 151 cm³/mol. The van der Waals surface area contributed by atoms with Crippen LogP contribution in [0.3, 0.4) is 0 Å². The monoisotopic (exact) mass is 510 g/mol. The summed E-state index contributed by atoms with van der Waals surface area (Å²) in [6, 6.07) is 13.3. The maximum absolute atomic E-state index is 11.7. The Bertz CT molecular complexity index is 1360. The Morgan fingerprint density at radius 2 is 1.87 bits per heavy atom. The van der Waals surface area contributed by atoms with Crippen LogP contribution in [0.4, 0.5) is 5.82 Å². The average molecular weight is 511 g/mol. The second-order valence-electron chi connectivity index (χ2n) is 10.1. The lowest BCUT2D eigenvalue weighted by molar-refractivity contribution is 0.0479. The third-order valence-corrected chi connectivity index (χ3v) is 7.24. The summed E-state index contributed by atoms with van der Waals surface area (Å²) in [5.41, 5.74) is 3.09. The third kappa shape index (κ3) is 5.33. The summed E-state index contributed by atoms with van der Waals surface area (Å²) in [4.78, 5) is 11.2. The van der Waals surface area contributed by atoms with Crippen LogP contribution in [-0.4, -0.2) is 53.8 Å².